The second kappa shape index (κ2) is 10.6. The Morgan fingerprint density at radius 3 is 2.36 bits per heavy atom. The molecule has 0 heteroatoms. The van der Waals surface area contributed by atoms with Crippen LogP contribution in [-0.4, -0.2) is 0 Å². The third-order valence-electron chi connectivity index (χ3n) is 2.56. The molecule has 0 aromatic heterocycles. The molecule has 0 aromatic rings. The molecule has 0 saturated carbocycles. The van der Waals surface area contributed by atoms with Crippen LogP contribution in [0.3, 0.4) is 0 Å². The van der Waals surface area contributed by atoms with Gasteiger partial charge < -0.3 is 0 Å². The lowest BCUT2D eigenvalue weighted by atomic mass is 10.0. The van der Waals surface area contributed by atoms with Crippen molar-refractivity contribution in [3.63, 3.8) is 0 Å². The summed E-state index contributed by atoms with van der Waals surface area (Å²) < 4.78 is 0. The van der Waals surface area contributed by atoms with Crippen LogP contribution in [0, 0.1) is 5.92 Å². The van der Waals surface area contributed by atoms with Crippen molar-refractivity contribution in [2.24, 2.45) is 5.92 Å². The van der Waals surface area contributed by atoms with Crippen molar-refractivity contribution in [3.05, 3.63) is 17.9 Å². The minimum atomic E-state index is 0.706. The van der Waals surface area contributed by atoms with Crippen molar-refractivity contribution in [3.8, 4) is 0 Å². The highest BCUT2D eigenvalue weighted by Gasteiger charge is 1.96. The minimum Gasteiger partial charge on any atom is -0.130 e. The van der Waals surface area contributed by atoms with Crippen LogP contribution in [0.4, 0.5) is 0 Å². The first-order valence-electron chi connectivity index (χ1n) is 6.18. The van der Waals surface area contributed by atoms with Crippen molar-refractivity contribution in [2.75, 3.05) is 0 Å². The number of hydrogen-bond donors (Lipinski definition) is 0. The molecule has 14 heavy (non-hydrogen) atoms. The van der Waals surface area contributed by atoms with Gasteiger partial charge in [-0.15, -0.1) is 5.73 Å². The van der Waals surface area contributed by atoms with Crippen molar-refractivity contribution in [2.45, 2.75) is 65.7 Å². The van der Waals surface area contributed by atoms with Crippen molar-refractivity contribution >= 4 is 0 Å². The Morgan fingerprint density at radius 1 is 1.07 bits per heavy atom. The number of rotatable bonds is 8. The van der Waals surface area contributed by atoms with Gasteiger partial charge >= 0.3 is 0 Å². The average molecular weight is 194 g/mol. The molecule has 0 aliphatic carbocycles. The van der Waals surface area contributed by atoms with Gasteiger partial charge in [0.2, 0.25) is 0 Å². The van der Waals surface area contributed by atoms with Crippen molar-refractivity contribution in [1.82, 2.24) is 0 Å². The molecule has 0 radical (unpaired) electrons. The van der Waals surface area contributed by atoms with E-state index in [2.05, 4.69) is 25.7 Å². The van der Waals surface area contributed by atoms with Crippen LogP contribution in [0.25, 0.3) is 0 Å². The van der Waals surface area contributed by atoms with Gasteiger partial charge in [-0.3, -0.25) is 0 Å². The zero-order chi connectivity index (χ0) is 10.6. The molecule has 1 unspecified atom stereocenters. The molecule has 0 aliphatic rings. The Morgan fingerprint density at radius 2 is 1.71 bits per heavy atom. The molecule has 0 amide bonds. The second-order valence-corrected chi connectivity index (χ2v) is 4.16. The molecule has 0 saturated heterocycles. The maximum Gasteiger partial charge on any atom is -0.0186 e. The first kappa shape index (κ1) is 13.5. The second-order valence-electron chi connectivity index (χ2n) is 4.16. The third-order valence-corrected chi connectivity index (χ3v) is 2.56. The van der Waals surface area contributed by atoms with Crippen LogP contribution in [-0.2, 0) is 0 Å². The fourth-order valence-corrected chi connectivity index (χ4v) is 1.59. The number of unbranched alkanes of at least 4 members (excludes halogenated alkanes) is 5. The fourth-order valence-electron chi connectivity index (χ4n) is 1.59. The van der Waals surface area contributed by atoms with Crippen LogP contribution in [0.2, 0.25) is 0 Å². The van der Waals surface area contributed by atoms with Gasteiger partial charge in [-0.05, 0) is 31.4 Å². The number of allylic oxidation sites excluding steroid dienone is 1. The Kier molecular flexibility index (Phi) is 10.2. The predicted octanol–water partition coefficient (Wildman–Crippen LogP) is 5.10. The van der Waals surface area contributed by atoms with Gasteiger partial charge in [0.25, 0.3) is 0 Å². The van der Waals surface area contributed by atoms with Crippen LogP contribution in [0.5, 0.6) is 0 Å². The van der Waals surface area contributed by atoms with Gasteiger partial charge in [0.1, 0.15) is 0 Å². The molecular weight excluding hydrogens is 168 g/mol. The highest BCUT2D eigenvalue weighted by atomic mass is 14.0. The molecule has 0 fully saturated rings. The van der Waals surface area contributed by atoms with Gasteiger partial charge in [0.15, 0.2) is 0 Å². The summed E-state index contributed by atoms with van der Waals surface area (Å²) in [5.41, 5.74) is 3.16. The maximum atomic E-state index is 3.16. The molecule has 0 aromatic carbocycles. The van der Waals surface area contributed by atoms with E-state index in [1.807, 2.05) is 13.0 Å². The summed E-state index contributed by atoms with van der Waals surface area (Å²) in [6.07, 6.45) is 13.9. The molecular formula is C14H26. The van der Waals surface area contributed by atoms with E-state index in [4.69, 9.17) is 0 Å². The van der Waals surface area contributed by atoms with Crippen LogP contribution in [0.1, 0.15) is 65.7 Å². The molecule has 82 valence electrons. The quantitative estimate of drug-likeness (QED) is 0.372. The normalized spacial score (nSPS) is 11.9. The summed E-state index contributed by atoms with van der Waals surface area (Å²) in [5, 5.41) is 0. The summed E-state index contributed by atoms with van der Waals surface area (Å²) in [6.45, 7) is 6.57. The van der Waals surface area contributed by atoms with Gasteiger partial charge in [0.05, 0.1) is 0 Å². The Hall–Kier alpha value is -0.480. The average Bonchev–Trinajstić information content (AvgIpc) is 2.20. The highest BCUT2D eigenvalue weighted by Crippen LogP contribution is 2.12. The van der Waals surface area contributed by atoms with Crippen LogP contribution in [0.15, 0.2) is 17.9 Å². The van der Waals surface area contributed by atoms with Gasteiger partial charge in [0, 0.05) is 0 Å². The van der Waals surface area contributed by atoms with Gasteiger partial charge in [-0.1, -0.05) is 52.4 Å². The first-order valence-corrected chi connectivity index (χ1v) is 6.18. The zero-order valence-electron chi connectivity index (χ0n) is 10.2. The monoisotopic (exact) mass is 194 g/mol. The first-order chi connectivity index (χ1) is 6.81. The SMILES string of the molecule is CC=C=CC(C)CCCCCCCC. The van der Waals surface area contributed by atoms with Gasteiger partial charge in [-0.2, -0.15) is 0 Å². The van der Waals surface area contributed by atoms with E-state index in [-0.39, 0.29) is 0 Å². The topological polar surface area (TPSA) is 0 Å². The van der Waals surface area contributed by atoms with E-state index in [1.54, 1.807) is 0 Å². The van der Waals surface area contributed by atoms with Crippen molar-refractivity contribution < 1.29 is 0 Å². The summed E-state index contributed by atoms with van der Waals surface area (Å²) in [4.78, 5) is 0. The third kappa shape index (κ3) is 9.61. The molecule has 0 nitrogen and oxygen atoms in total. The largest absolute Gasteiger partial charge is 0.130 e. The minimum absolute atomic E-state index is 0.706. The molecule has 0 aliphatic heterocycles. The Bertz CT molecular complexity index is 161. The summed E-state index contributed by atoms with van der Waals surface area (Å²) in [5.74, 6) is 0.706. The van der Waals surface area contributed by atoms with E-state index in [9.17, 15) is 0 Å². The fraction of sp³-hybridized carbons (Fsp3) is 0.786. The van der Waals surface area contributed by atoms with Crippen molar-refractivity contribution in [1.29, 1.82) is 0 Å². The maximum absolute atomic E-state index is 3.16. The molecule has 0 bridgehead atoms. The molecule has 1 atom stereocenters. The van der Waals surface area contributed by atoms with Crippen LogP contribution >= 0.6 is 0 Å². The van der Waals surface area contributed by atoms with E-state index in [0.29, 0.717) is 5.92 Å². The lowest BCUT2D eigenvalue weighted by Gasteiger charge is -2.04. The zero-order valence-corrected chi connectivity index (χ0v) is 10.2. The molecule has 0 spiro atoms. The molecule has 0 rings (SSSR count). The lowest BCUT2D eigenvalue weighted by Crippen LogP contribution is -1.89. The Balaban J connectivity index is 3.23. The molecule has 0 N–H and O–H groups in total. The van der Waals surface area contributed by atoms with E-state index in [0.717, 1.165) is 0 Å². The van der Waals surface area contributed by atoms with E-state index < -0.39 is 0 Å². The van der Waals surface area contributed by atoms with E-state index in [1.165, 1.54) is 44.9 Å². The summed E-state index contributed by atoms with van der Waals surface area (Å²) in [7, 11) is 0. The van der Waals surface area contributed by atoms with E-state index >= 15 is 0 Å². The number of hydrogen-bond acceptors (Lipinski definition) is 0. The standard InChI is InChI=1S/C14H26/c1-4-6-8-9-10-11-13-14(3)12-7-5-2/h5,12,14H,4,6,8-11,13H2,1-3H3. The summed E-state index contributed by atoms with van der Waals surface area (Å²) >= 11 is 0. The van der Waals surface area contributed by atoms with Gasteiger partial charge in [-0.25, -0.2) is 0 Å². The smallest absolute Gasteiger partial charge is 0.0186 e. The molecule has 0 heterocycles. The Labute approximate surface area is 90.1 Å². The van der Waals surface area contributed by atoms with Crippen LogP contribution < -0.4 is 0 Å². The highest BCUT2D eigenvalue weighted by molar-refractivity contribution is 4.85. The predicted molar refractivity (Wildman–Crippen MR) is 65.5 cm³/mol. The summed E-state index contributed by atoms with van der Waals surface area (Å²) in [6, 6.07) is 0. The lowest BCUT2D eigenvalue weighted by molar-refractivity contribution is 0.543.